The number of amides is 1. The highest BCUT2D eigenvalue weighted by atomic mass is 32.2. The van der Waals surface area contributed by atoms with Crippen LogP contribution >= 0.6 is 0 Å². The smallest absolute Gasteiger partial charge is 0.262 e. The van der Waals surface area contributed by atoms with Gasteiger partial charge in [0.15, 0.2) is 0 Å². The normalized spacial score (nSPS) is 11.2. The first-order valence-corrected chi connectivity index (χ1v) is 9.65. The second-order valence-corrected chi connectivity index (χ2v) is 7.10. The van der Waals surface area contributed by atoms with Gasteiger partial charge in [-0.1, -0.05) is 18.2 Å². The summed E-state index contributed by atoms with van der Waals surface area (Å²) >= 11 is 0. The number of hydrogen-bond donors (Lipinski definition) is 2. The van der Waals surface area contributed by atoms with Crippen molar-refractivity contribution < 1.29 is 22.3 Å². The van der Waals surface area contributed by atoms with Gasteiger partial charge in [-0.3, -0.25) is 9.52 Å². The van der Waals surface area contributed by atoms with Crippen molar-refractivity contribution >= 4 is 21.6 Å². The zero-order chi connectivity index (χ0) is 19.0. The Hall–Kier alpha value is -2.45. The maximum absolute atomic E-state index is 13.7. The van der Waals surface area contributed by atoms with Gasteiger partial charge in [0.25, 0.3) is 15.9 Å². The van der Waals surface area contributed by atoms with Crippen LogP contribution < -0.4 is 10.0 Å². The quantitative estimate of drug-likeness (QED) is 0.655. The number of carbonyl (C=O) groups is 1. The third-order valence-electron chi connectivity index (χ3n) is 3.48. The van der Waals surface area contributed by atoms with Gasteiger partial charge < -0.3 is 10.1 Å². The zero-order valence-corrected chi connectivity index (χ0v) is 15.2. The minimum Gasteiger partial charge on any atom is -0.382 e. The molecule has 0 aliphatic carbocycles. The van der Waals surface area contributed by atoms with Crippen LogP contribution in [-0.4, -0.2) is 34.1 Å². The largest absolute Gasteiger partial charge is 0.382 e. The number of nitrogens with one attached hydrogen (secondary N) is 2. The number of ether oxygens (including phenoxy) is 1. The highest BCUT2D eigenvalue weighted by Crippen LogP contribution is 2.19. The van der Waals surface area contributed by atoms with Crippen molar-refractivity contribution in [2.24, 2.45) is 0 Å². The molecule has 0 saturated heterocycles. The maximum atomic E-state index is 13.7. The summed E-state index contributed by atoms with van der Waals surface area (Å²) in [5, 5.41) is 2.70. The van der Waals surface area contributed by atoms with Crippen LogP contribution in [0.2, 0.25) is 0 Å². The van der Waals surface area contributed by atoms with E-state index in [-0.39, 0.29) is 22.1 Å². The summed E-state index contributed by atoms with van der Waals surface area (Å²) in [5.41, 5.74) is 0.0519. The van der Waals surface area contributed by atoms with Crippen LogP contribution in [0.5, 0.6) is 0 Å². The number of carbonyl (C=O) groups excluding carboxylic acids is 1. The molecule has 0 aliphatic rings. The molecule has 2 aromatic carbocycles. The summed E-state index contributed by atoms with van der Waals surface area (Å²) < 4.78 is 45.9. The zero-order valence-electron chi connectivity index (χ0n) is 14.4. The highest BCUT2D eigenvalue weighted by molar-refractivity contribution is 7.92. The van der Waals surface area contributed by atoms with E-state index in [1.165, 1.54) is 42.5 Å². The Balaban J connectivity index is 2.07. The second kappa shape index (κ2) is 9.30. The van der Waals surface area contributed by atoms with Crippen molar-refractivity contribution in [1.29, 1.82) is 0 Å². The number of rotatable bonds is 9. The van der Waals surface area contributed by atoms with Gasteiger partial charge in [-0.25, -0.2) is 12.8 Å². The molecule has 0 aliphatic heterocycles. The van der Waals surface area contributed by atoms with Crippen molar-refractivity contribution in [2.45, 2.75) is 18.2 Å². The lowest BCUT2D eigenvalue weighted by molar-refractivity contribution is 0.0944. The van der Waals surface area contributed by atoms with E-state index in [0.717, 1.165) is 6.07 Å². The molecular formula is C18H21FN2O4S. The SMILES string of the molecule is CCOCCCNC(=O)c1cccc(S(=O)(=O)Nc2ccccc2F)c1. The van der Waals surface area contributed by atoms with Crippen molar-refractivity contribution in [2.75, 3.05) is 24.5 Å². The predicted molar refractivity (Wildman–Crippen MR) is 97.1 cm³/mol. The molecule has 0 radical (unpaired) electrons. The van der Waals surface area contributed by atoms with Gasteiger partial charge in [0.05, 0.1) is 10.6 Å². The summed E-state index contributed by atoms with van der Waals surface area (Å²) in [6.07, 6.45) is 0.659. The lowest BCUT2D eigenvalue weighted by Crippen LogP contribution is -2.25. The first-order chi connectivity index (χ1) is 12.4. The molecule has 0 bridgehead atoms. The molecule has 2 rings (SSSR count). The summed E-state index contributed by atoms with van der Waals surface area (Å²) in [5.74, 6) is -1.07. The Morgan fingerprint density at radius 2 is 1.92 bits per heavy atom. The van der Waals surface area contributed by atoms with Gasteiger partial charge in [-0.2, -0.15) is 0 Å². The van der Waals surface area contributed by atoms with Crippen LogP contribution in [0.3, 0.4) is 0 Å². The molecule has 0 unspecified atom stereocenters. The van der Waals surface area contributed by atoms with Crippen LogP contribution in [0, 0.1) is 5.82 Å². The summed E-state index contributed by atoms with van der Waals surface area (Å²) in [4.78, 5) is 12.0. The van der Waals surface area contributed by atoms with Gasteiger partial charge in [0.2, 0.25) is 0 Å². The molecule has 0 aromatic heterocycles. The van der Waals surface area contributed by atoms with E-state index in [2.05, 4.69) is 10.0 Å². The lowest BCUT2D eigenvalue weighted by Gasteiger charge is -2.10. The standard InChI is InChI=1S/C18H21FN2O4S/c1-2-25-12-6-11-20-18(22)14-7-5-8-15(13-14)26(23,24)21-17-10-4-3-9-16(17)19/h3-5,7-10,13,21H,2,6,11-12H2,1H3,(H,20,22). The fourth-order valence-corrected chi connectivity index (χ4v) is 3.29. The first-order valence-electron chi connectivity index (χ1n) is 8.17. The molecule has 0 spiro atoms. The monoisotopic (exact) mass is 380 g/mol. The Bertz CT molecular complexity index is 856. The molecule has 26 heavy (non-hydrogen) atoms. The molecule has 2 N–H and O–H groups in total. The molecule has 2 aromatic rings. The molecular weight excluding hydrogens is 359 g/mol. The molecule has 0 heterocycles. The molecule has 0 fully saturated rings. The highest BCUT2D eigenvalue weighted by Gasteiger charge is 2.18. The molecule has 140 valence electrons. The Labute approximate surface area is 152 Å². The van der Waals surface area contributed by atoms with Crippen LogP contribution in [0.25, 0.3) is 0 Å². The molecule has 0 saturated carbocycles. The fraction of sp³-hybridized carbons (Fsp3) is 0.278. The van der Waals surface area contributed by atoms with Gasteiger partial charge in [-0.15, -0.1) is 0 Å². The van der Waals surface area contributed by atoms with Crippen molar-refractivity contribution in [1.82, 2.24) is 5.32 Å². The Morgan fingerprint density at radius 1 is 1.15 bits per heavy atom. The average Bonchev–Trinajstić information content (AvgIpc) is 2.63. The van der Waals surface area contributed by atoms with E-state index in [9.17, 15) is 17.6 Å². The van der Waals surface area contributed by atoms with Gasteiger partial charge in [0, 0.05) is 25.3 Å². The van der Waals surface area contributed by atoms with Gasteiger partial charge >= 0.3 is 0 Å². The van der Waals surface area contributed by atoms with E-state index in [4.69, 9.17) is 4.74 Å². The fourth-order valence-electron chi connectivity index (χ4n) is 2.17. The predicted octanol–water partition coefficient (Wildman–Crippen LogP) is 2.78. The molecule has 8 heteroatoms. The first kappa shape index (κ1) is 19.9. The van der Waals surface area contributed by atoms with E-state index in [1.807, 2.05) is 6.92 Å². The molecule has 1 amide bonds. The van der Waals surface area contributed by atoms with E-state index < -0.39 is 15.8 Å². The maximum Gasteiger partial charge on any atom is 0.262 e. The second-order valence-electron chi connectivity index (χ2n) is 5.42. The van der Waals surface area contributed by atoms with Crippen molar-refractivity contribution in [3.05, 3.63) is 59.9 Å². The Morgan fingerprint density at radius 3 is 2.65 bits per heavy atom. The summed E-state index contributed by atoms with van der Waals surface area (Å²) in [7, 11) is -4.01. The minimum absolute atomic E-state index is 0.122. The van der Waals surface area contributed by atoms with Crippen molar-refractivity contribution in [3.8, 4) is 0 Å². The Kier molecular flexibility index (Phi) is 7.11. The van der Waals surface area contributed by atoms with Crippen LogP contribution in [0.1, 0.15) is 23.7 Å². The third kappa shape index (κ3) is 5.53. The van der Waals surface area contributed by atoms with Crippen LogP contribution in [0.4, 0.5) is 10.1 Å². The summed E-state index contributed by atoms with van der Waals surface area (Å²) in [6, 6.07) is 11.0. The summed E-state index contributed by atoms with van der Waals surface area (Å²) in [6.45, 7) is 3.46. The van der Waals surface area contributed by atoms with Crippen molar-refractivity contribution in [3.63, 3.8) is 0 Å². The number of para-hydroxylation sites is 1. The number of sulfonamides is 1. The van der Waals surface area contributed by atoms with E-state index in [0.29, 0.717) is 26.2 Å². The minimum atomic E-state index is -4.01. The van der Waals surface area contributed by atoms with E-state index in [1.54, 1.807) is 0 Å². The average molecular weight is 380 g/mol. The third-order valence-corrected chi connectivity index (χ3v) is 4.84. The van der Waals surface area contributed by atoms with Gasteiger partial charge in [-0.05, 0) is 43.7 Å². The number of anilines is 1. The van der Waals surface area contributed by atoms with Gasteiger partial charge in [0.1, 0.15) is 5.82 Å². The number of hydrogen-bond acceptors (Lipinski definition) is 4. The molecule has 0 atom stereocenters. The van der Waals surface area contributed by atoms with Crippen LogP contribution in [0.15, 0.2) is 53.4 Å². The van der Waals surface area contributed by atoms with Crippen LogP contribution in [-0.2, 0) is 14.8 Å². The number of benzene rings is 2. The lowest BCUT2D eigenvalue weighted by atomic mass is 10.2. The number of halogens is 1. The molecule has 6 nitrogen and oxygen atoms in total. The topological polar surface area (TPSA) is 84.5 Å². The van der Waals surface area contributed by atoms with E-state index >= 15 is 0 Å².